The Morgan fingerprint density at radius 3 is 1.47 bits per heavy atom. The smallest absolute Gasteiger partial charge is 0.137 e. The third kappa shape index (κ3) is 5.33. The highest BCUT2D eigenvalue weighted by Gasteiger charge is 2.23. The van der Waals surface area contributed by atoms with Gasteiger partial charge in [0.1, 0.15) is 11.2 Å². The lowest BCUT2D eigenvalue weighted by Gasteiger charge is -2.29. The quantitative estimate of drug-likeness (QED) is 0.178. The molecule has 10 aromatic carbocycles. The number of fused-ring (bicyclic) bond motifs is 17. The third-order valence-corrected chi connectivity index (χ3v) is 12.6. The highest BCUT2D eigenvalue weighted by atomic mass is 16.3. The molecule has 12 aromatic rings. The third-order valence-electron chi connectivity index (χ3n) is 12.6. The van der Waals surface area contributed by atoms with E-state index < -0.39 is 0 Å². The maximum Gasteiger partial charge on any atom is 0.137 e. The molecule has 1 aliphatic heterocycles. The van der Waals surface area contributed by atoms with Crippen LogP contribution < -0.4 is 9.80 Å². The van der Waals surface area contributed by atoms with Gasteiger partial charge in [-0.3, -0.25) is 0 Å². The number of rotatable bonds is 3. The molecule has 0 unspecified atom stereocenters. The average molecular weight is 792 g/mol. The van der Waals surface area contributed by atoms with E-state index in [-0.39, 0.29) is 0 Å². The van der Waals surface area contributed by atoms with Gasteiger partial charge in [-0.2, -0.15) is 0 Å². The molecule has 0 radical (unpaired) electrons. The van der Waals surface area contributed by atoms with Crippen molar-refractivity contribution in [3.8, 4) is 27.9 Å². The van der Waals surface area contributed by atoms with Crippen LogP contribution in [0.4, 0.5) is 34.1 Å². The first-order valence-electron chi connectivity index (χ1n) is 21.2. The minimum Gasteiger partial charge on any atom is -0.456 e. The molecule has 0 saturated heterocycles. The van der Waals surface area contributed by atoms with Crippen LogP contribution in [0.25, 0.3) is 82.5 Å². The van der Waals surface area contributed by atoms with Gasteiger partial charge in [-0.25, -0.2) is 0 Å². The van der Waals surface area contributed by atoms with E-state index in [9.17, 15) is 0 Å². The Labute approximate surface area is 358 Å². The summed E-state index contributed by atoms with van der Waals surface area (Å²) >= 11 is 0. The Hall–Kier alpha value is -8.34. The van der Waals surface area contributed by atoms with E-state index in [1.807, 2.05) is 12.1 Å². The van der Waals surface area contributed by atoms with E-state index in [2.05, 4.69) is 227 Å². The molecule has 8 bridgehead atoms. The molecule has 0 fully saturated rings. The zero-order chi connectivity index (χ0) is 40.7. The molecule has 1 aliphatic rings. The van der Waals surface area contributed by atoms with Gasteiger partial charge in [0.15, 0.2) is 0 Å². The van der Waals surface area contributed by atoms with Crippen molar-refractivity contribution in [2.24, 2.45) is 0 Å². The van der Waals surface area contributed by atoms with E-state index in [4.69, 9.17) is 4.42 Å². The molecule has 4 nitrogen and oxygen atoms in total. The maximum absolute atomic E-state index is 6.43. The molecule has 13 rings (SSSR count). The lowest BCUT2D eigenvalue weighted by atomic mass is 9.99. The van der Waals surface area contributed by atoms with Crippen LogP contribution in [0.2, 0.25) is 0 Å². The van der Waals surface area contributed by atoms with Gasteiger partial charge in [-0.15, -0.1) is 0 Å². The van der Waals surface area contributed by atoms with Gasteiger partial charge in [0.05, 0.1) is 22.4 Å². The molecule has 0 amide bonds. The maximum atomic E-state index is 6.43. The zero-order valence-electron chi connectivity index (χ0n) is 33.6. The second kappa shape index (κ2) is 13.6. The Morgan fingerprint density at radius 1 is 0.290 bits per heavy atom. The highest BCUT2D eigenvalue weighted by Crippen LogP contribution is 2.47. The first-order chi connectivity index (χ1) is 30.7. The Bertz CT molecular complexity index is 3650. The number of anilines is 6. The summed E-state index contributed by atoms with van der Waals surface area (Å²) in [5.74, 6) is 0. The van der Waals surface area contributed by atoms with Crippen molar-refractivity contribution in [1.82, 2.24) is 4.57 Å². The lowest BCUT2D eigenvalue weighted by Crippen LogP contribution is -2.11. The summed E-state index contributed by atoms with van der Waals surface area (Å²) in [5, 5.41) is 7.09. The fourth-order valence-corrected chi connectivity index (χ4v) is 9.88. The van der Waals surface area contributed by atoms with Gasteiger partial charge in [0, 0.05) is 61.4 Å². The molecule has 62 heavy (non-hydrogen) atoms. The number of para-hydroxylation sites is 2. The summed E-state index contributed by atoms with van der Waals surface area (Å²) in [6, 6.07) is 81.5. The molecular weight excluding hydrogens is 755 g/mol. The minimum absolute atomic E-state index is 0.867. The molecule has 290 valence electrons. The average Bonchev–Trinajstić information content (AvgIpc) is 3.88. The van der Waals surface area contributed by atoms with Crippen LogP contribution in [0.5, 0.6) is 0 Å². The van der Waals surface area contributed by atoms with E-state index in [1.165, 1.54) is 32.7 Å². The standard InChI is InChI=1S/C58H37N3O/c1-2-23-48-38(13-1)14-11-27-52(48)61-53-26-5-3-25-51(53)58-54(28-12-29-55(58)61)60-45-21-9-17-41(35-45)39-15-7-19-43(33-39)59(44-20-8-16-40(34-44)42-18-10-22-46(60)36-42)47-31-32-50-49-24-4-6-30-56(49)62-57(50)37-47/h1-37H. The molecule has 0 spiro atoms. The SMILES string of the molecule is c1cc2cc(c1)N(c1ccc3c(c1)oc1ccccc13)c1cccc(c1)-c1cccc(c1)N(c1cccc3c1c1ccccc1n3-c1cccc3ccccc13)c1cccc-2c1. The molecule has 0 N–H and O–H groups in total. The molecule has 0 atom stereocenters. The van der Waals surface area contributed by atoms with Crippen LogP contribution in [0.3, 0.4) is 0 Å². The number of hydrogen-bond acceptors (Lipinski definition) is 3. The monoisotopic (exact) mass is 791 g/mol. The summed E-state index contributed by atoms with van der Waals surface area (Å²) in [5.41, 5.74) is 16.2. The normalized spacial score (nSPS) is 12.5. The van der Waals surface area contributed by atoms with Crippen LogP contribution >= 0.6 is 0 Å². The fraction of sp³-hybridized carbons (Fsp3) is 0. The van der Waals surface area contributed by atoms with Crippen LogP contribution in [0.15, 0.2) is 229 Å². The molecule has 2 aromatic heterocycles. The molecule has 0 aliphatic carbocycles. The van der Waals surface area contributed by atoms with Gasteiger partial charge < -0.3 is 18.8 Å². The second-order valence-corrected chi connectivity index (χ2v) is 16.2. The van der Waals surface area contributed by atoms with Crippen LogP contribution in [0.1, 0.15) is 0 Å². The van der Waals surface area contributed by atoms with Crippen molar-refractivity contribution in [3.05, 3.63) is 224 Å². The van der Waals surface area contributed by atoms with E-state index in [0.717, 1.165) is 83.8 Å². The lowest BCUT2D eigenvalue weighted by molar-refractivity contribution is 0.669. The zero-order valence-corrected chi connectivity index (χ0v) is 33.6. The summed E-state index contributed by atoms with van der Waals surface area (Å²) in [4.78, 5) is 4.79. The molecule has 0 saturated carbocycles. The Balaban J connectivity index is 1.05. The van der Waals surface area contributed by atoms with Crippen molar-refractivity contribution in [3.63, 3.8) is 0 Å². The van der Waals surface area contributed by atoms with Crippen molar-refractivity contribution in [1.29, 1.82) is 0 Å². The van der Waals surface area contributed by atoms with Crippen molar-refractivity contribution >= 4 is 88.6 Å². The molecule has 3 heterocycles. The van der Waals surface area contributed by atoms with Crippen LogP contribution in [-0.2, 0) is 0 Å². The predicted molar refractivity (Wildman–Crippen MR) is 259 cm³/mol. The van der Waals surface area contributed by atoms with E-state index in [0.29, 0.717) is 0 Å². The van der Waals surface area contributed by atoms with Gasteiger partial charge in [0.25, 0.3) is 0 Å². The van der Waals surface area contributed by atoms with Gasteiger partial charge in [0.2, 0.25) is 0 Å². The van der Waals surface area contributed by atoms with Crippen molar-refractivity contribution < 1.29 is 4.42 Å². The topological polar surface area (TPSA) is 24.6 Å². The number of nitrogens with zero attached hydrogens (tertiary/aromatic N) is 3. The number of furan rings is 1. The summed E-state index contributed by atoms with van der Waals surface area (Å²) in [6.07, 6.45) is 0. The predicted octanol–water partition coefficient (Wildman–Crippen LogP) is 16.4. The first kappa shape index (κ1) is 34.5. The number of aromatic nitrogens is 1. The Morgan fingerprint density at radius 2 is 0.774 bits per heavy atom. The number of hydrogen-bond donors (Lipinski definition) is 0. The highest BCUT2D eigenvalue weighted by molar-refractivity contribution is 6.17. The summed E-state index contributed by atoms with van der Waals surface area (Å²) in [7, 11) is 0. The fourth-order valence-electron chi connectivity index (χ4n) is 9.88. The Kier molecular flexibility index (Phi) is 7.57. The van der Waals surface area contributed by atoms with E-state index in [1.54, 1.807) is 0 Å². The summed E-state index contributed by atoms with van der Waals surface area (Å²) < 4.78 is 8.87. The van der Waals surface area contributed by atoms with E-state index >= 15 is 0 Å². The van der Waals surface area contributed by atoms with Gasteiger partial charge >= 0.3 is 0 Å². The van der Waals surface area contributed by atoms with Crippen molar-refractivity contribution in [2.75, 3.05) is 9.80 Å². The molecule has 4 heteroatoms. The largest absolute Gasteiger partial charge is 0.456 e. The van der Waals surface area contributed by atoms with Gasteiger partial charge in [-0.1, -0.05) is 127 Å². The summed E-state index contributed by atoms with van der Waals surface area (Å²) in [6.45, 7) is 0. The van der Waals surface area contributed by atoms with Crippen molar-refractivity contribution in [2.45, 2.75) is 0 Å². The molecular formula is C58H37N3O. The van der Waals surface area contributed by atoms with Gasteiger partial charge in [-0.05, 0) is 119 Å². The number of benzene rings is 10. The van der Waals surface area contributed by atoms with Crippen LogP contribution in [-0.4, -0.2) is 4.57 Å². The first-order valence-corrected chi connectivity index (χ1v) is 21.2. The minimum atomic E-state index is 0.867. The second-order valence-electron chi connectivity index (χ2n) is 16.2. The van der Waals surface area contributed by atoms with Crippen LogP contribution in [0, 0.1) is 0 Å².